The molecule has 0 aliphatic carbocycles. The number of nitrogens with one attached hydrogen (secondary N) is 1. The number of carboxylic acids is 1. The third-order valence-electron chi connectivity index (χ3n) is 3.49. The largest absolute Gasteiger partial charge is 0.480 e. The fourth-order valence-corrected chi connectivity index (χ4v) is 2.14. The van der Waals surface area contributed by atoms with Crippen LogP contribution in [0.1, 0.15) is 40.2 Å². The van der Waals surface area contributed by atoms with Crippen LogP contribution in [-0.2, 0) is 25.7 Å². The lowest BCUT2D eigenvalue weighted by Gasteiger charge is -2.31. The van der Waals surface area contributed by atoms with Gasteiger partial charge >= 0.3 is 12.1 Å². The molecule has 0 fully saturated rings. The Balaban J connectivity index is 2.93. The van der Waals surface area contributed by atoms with Crippen LogP contribution >= 0.6 is 0 Å². The van der Waals surface area contributed by atoms with Gasteiger partial charge in [-0.05, 0) is 26.8 Å². The fourth-order valence-electron chi connectivity index (χ4n) is 2.14. The van der Waals surface area contributed by atoms with Crippen molar-refractivity contribution in [1.82, 2.24) is 10.4 Å². The van der Waals surface area contributed by atoms with Crippen LogP contribution in [0.4, 0.5) is 13.6 Å². The van der Waals surface area contributed by atoms with E-state index in [0.717, 1.165) is 12.1 Å². The van der Waals surface area contributed by atoms with Crippen LogP contribution in [0, 0.1) is 17.6 Å². The van der Waals surface area contributed by atoms with Crippen molar-refractivity contribution in [2.24, 2.45) is 5.92 Å². The Bertz CT molecular complexity index is 749. The molecular weight excluding hydrogens is 390 g/mol. The Morgan fingerprint density at radius 2 is 1.83 bits per heavy atom. The third kappa shape index (κ3) is 8.02. The number of amides is 2. The summed E-state index contributed by atoms with van der Waals surface area (Å²) < 4.78 is 36.9. The minimum atomic E-state index is -1.60. The van der Waals surface area contributed by atoms with E-state index in [9.17, 15) is 28.3 Å². The molecule has 0 saturated heterocycles. The molecule has 29 heavy (non-hydrogen) atoms. The maximum atomic E-state index is 13.7. The van der Waals surface area contributed by atoms with Crippen LogP contribution < -0.4 is 5.43 Å². The van der Waals surface area contributed by atoms with E-state index in [1.165, 1.54) is 13.8 Å². The topological polar surface area (TPSA) is 105 Å². The maximum absolute atomic E-state index is 13.7. The average Bonchev–Trinajstić information content (AvgIpc) is 2.56. The Kier molecular flexibility index (Phi) is 8.50. The van der Waals surface area contributed by atoms with Crippen molar-refractivity contribution in [3.63, 3.8) is 0 Å². The molecule has 0 heterocycles. The van der Waals surface area contributed by atoms with Crippen LogP contribution in [0.5, 0.6) is 0 Å². The minimum absolute atomic E-state index is 0.0115. The van der Waals surface area contributed by atoms with Crippen LogP contribution in [0.2, 0.25) is 0 Å². The van der Waals surface area contributed by atoms with E-state index in [0.29, 0.717) is 11.1 Å². The van der Waals surface area contributed by atoms with Gasteiger partial charge in [-0.2, -0.15) is 0 Å². The van der Waals surface area contributed by atoms with Gasteiger partial charge in [0.15, 0.2) is 6.04 Å². The quantitative estimate of drug-likeness (QED) is 0.663. The molecule has 0 spiro atoms. The normalized spacial score (nSPS) is 12.4. The molecule has 0 radical (unpaired) electrons. The number of rotatable bonds is 7. The maximum Gasteiger partial charge on any atom is 0.426 e. The van der Waals surface area contributed by atoms with Crippen molar-refractivity contribution in [3.8, 4) is 0 Å². The van der Waals surface area contributed by atoms with Crippen molar-refractivity contribution in [3.05, 3.63) is 35.4 Å². The summed E-state index contributed by atoms with van der Waals surface area (Å²) in [6.45, 7) is 6.97. The van der Waals surface area contributed by atoms with E-state index >= 15 is 0 Å². The molecule has 0 bridgehead atoms. The van der Waals surface area contributed by atoms with E-state index in [-0.39, 0.29) is 12.2 Å². The highest BCUT2D eigenvalue weighted by molar-refractivity contribution is 5.86. The van der Waals surface area contributed by atoms with Gasteiger partial charge in [0.2, 0.25) is 5.91 Å². The number of carbonyl (C=O) groups is 3. The number of halogens is 2. The molecule has 1 aromatic carbocycles. The zero-order valence-electron chi connectivity index (χ0n) is 17.0. The number of carboxylic acid groups (broad SMARTS) is 1. The molecule has 1 atom stereocenters. The number of benzene rings is 1. The number of aliphatic carboxylic acids is 1. The molecule has 8 nitrogen and oxygen atoms in total. The van der Waals surface area contributed by atoms with E-state index in [2.05, 4.69) is 5.43 Å². The summed E-state index contributed by atoms with van der Waals surface area (Å²) in [6.07, 6.45) is -1.01. The molecule has 1 rings (SSSR count). The molecule has 10 heteroatoms. The smallest absolute Gasteiger partial charge is 0.426 e. The highest BCUT2D eigenvalue weighted by Gasteiger charge is 2.34. The average molecular weight is 416 g/mol. The lowest BCUT2D eigenvalue weighted by molar-refractivity contribution is -0.157. The number of nitrogens with zero attached hydrogens (tertiary/aromatic N) is 1. The number of hydrazine groups is 1. The van der Waals surface area contributed by atoms with Gasteiger partial charge in [0.1, 0.15) is 17.2 Å². The number of ether oxygens (including phenoxy) is 2. The Labute approximate surface area is 167 Å². The minimum Gasteiger partial charge on any atom is -0.480 e. The number of hydrogen-bond donors (Lipinski definition) is 2. The SMILES string of the molecule is CC(C)C(=O)N(NC(=O)OC(C)(C)C)C(COCc1ccc(F)cc1F)C(=O)O. The molecule has 0 saturated carbocycles. The second-order valence-electron chi connectivity index (χ2n) is 7.58. The third-order valence-corrected chi connectivity index (χ3v) is 3.49. The lowest BCUT2D eigenvalue weighted by atomic mass is 10.1. The second-order valence-corrected chi connectivity index (χ2v) is 7.58. The van der Waals surface area contributed by atoms with Gasteiger partial charge < -0.3 is 14.6 Å². The van der Waals surface area contributed by atoms with Crippen LogP contribution in [0.3, 0.4) is 0 Å². The molecular formula is C19H26F2N2O6. The first-order valence-corrected chi connectivity index (χ1v) is 8.89. The van der Waals surface area contributed by atoms with Gasteiger partial charge in [0.05, 0.1) is 13.2 Å². The Hall–Kier alpha value is -2.75. The summed E-state index contributed by atoms with van der Waals surface area (Å²) in [5, 5.41) is 10.1. The van der Waals surface area contributed by atoms with Crippen LogP contribution in [0.15, 0.2) is 18.2 Å². The van der Waals surface area contributed by atoms with Crippen molar-refractivity contribution in [1.29, 1.82) is 0 Å². The van der Waals surface area contributed by atoms with E-state index in [1.807, 2.05) is 0 Å². The molecule has 2 N–H and O–H groups in total. The summed E-state index contributed by atoms with van der Waals surface area (Å²) >= 11 is 0. The van der Waals surface area contributed by atoms with Crippen molar-refractivity contribution in [2.75, 3.05) is 6.61 Å². The van der Waals surface area contributed by atoms with E-state index in [4.69, 9.17) is 9.47 Å². The first kappa shape index (κ1) is 24.3. The summed E-state index contributed by atoms with van der Waals surface area (Å²) in [7, 11) is 0. The van der Waals surface area contributed by atoms with Crippen molar-refractivity contribution >= 4 is 18.0 Å². The Morgan fingerprint density at radius 3 is 2.31 bits per heavy atom. The highest BCUT2D eigenvalue weighted by atomic mass is 19.1. The summed E-state index contributed by atoms with van der Waals surface area (Å²) in [5.41, 5.74) is 1.28. The molecule has 1 unspecified atom stereocenters. The van der Waals surface area contributed by atoms with Gasteiger partial charge in [-0.1, -0.05) is 19.9 Å². The Morgan fingerprint density at radius 1 is 1.21 bits per heavy atom. The molecule has 1 aromatic rings. The highest BCUT2D eigenvalue weighted by Crippen LogP contribution is 2.13. The fraction of sp³-hybridized carbons (Fsp3) is 0.526. The first-order chi connectivity index (χ1) is 13.3. The van der Waals surface area contributed by atoms with Gasteiger partial charge in [-0.25, -0.2) is 28.8 Å². The predicted octanol–water partition coefficient (Wildman–Crippen LogP) is 2.86. The lowest BCUT2D eigenvalue weighted by Crippen LogP contribution is -2.58. The number of hydrogen-bond acceptors (Lipinski definition) is 5. The predicted molar refractivity (Wildman–Crippen MR) is 98.5 cm³/mol. The molecule has 162 valence electrons. The monoisotopic (exact) mass is 416 g/mol. The molecule has 0 aliphatic rings. The summed E-state index contributed by atoms with van der Waals surface area (Å²) in [4.78, 5) is 36.2. The van der Waals surface area contributed by atoms with Crippen molar-refractivity contribution < 1.29 is 37.7 Å². The van der Waals surface area contributed by atoms with Gasteiger partial charge in [0.25, 0.3) is 0 Å². The van der Waals surface area contributed by atoms with Gasteiger partial charge in [0, 0.05) is 17.5 Å². The summed E-state index contributed by atoms with van der Waals surface area (Å²) in [5.74, 6) is -4.38. The molecule has 0 aromatic heterocycles. The molecule has 0 aliphatic heterocycles. The summed E-state index contributed by atoms with van der Waals surface area (Å²) in [6, 6.07) is 1.28. The van der Waals surface area contributed by atoms with Crippen LogP contribution in [-0.4, -0.2) is 46.3 Å². The van der Waals surface area contributed by atoms with Gasteiger partial charge in [-0.3, -0.25) is 4.79 Å². The van der Waals surface area contributed by atoms with E-state index in [1.54, 1.807) is 20.8 Å². The second kappa shape index (κ2) is 10.1. The standard InChI is InChI=1S/C19H26F2N2O6/c1-11(2)16(24)23(22-18(27)29-19(3,4)5)15(17(25)26)10-28-9-12-6-7-13(20)8-14(12)21/h6-8,11,15H,9-10H2,1-5H3,(H,22,27)(H,25,26). The number of carbonyl (C=O) groups excluding carboxylic acids is 2. The van der Waals surface area contributed by atoms with Gasteiger partial charge in [-0.15, -0.1) is 0 Å². The zero-order valence-corrected chi connectivity index (χ0v) is 17.0. The van der Waals surface area contributed by atoms with E-state index < -0.39 is 53.8 Å². The van der Waals surface area contributed by atoms with Crippen molar-refractivity contribution in [2.45, 2.75) is 52.9 Å². The first-order valence-electron chi connectivity index (χ1n) is 8.89. The molecule has 2 amide bonds. The zero-order chi connectivity index (χ0) is 22.4. The van der Waals surface area contributed by atoms with Crippen LogP contribution in [0.25, 0.3) is 0 Å².